The van der Waals surface area contributed by atoms with E-state index in [-0.39, 0.29) is 5.78 Å². The van der Waals surface area contributed by atoms with Crippen LogP contribution in [0.5, 0.6) is 0 Å². The van der Waals surface area contributed by atoms with E-state index >= 15 is 0 Å². The predicted molar refractivity (Wildman–Crippen MR) is 71.6 cm³/mol. The second-order valence-electron chi connectivity index (χ2n) is 3.40. The lowest BCUT2D eigenvalue weighted by molar-refractivity contribution is 0.104. The molecule has 0 N–H and O–H groups in total. The van der Waals surface area contributed by atoms with Gasteiger partial charge in [0.05, 0.1) is 9.21 Å². The van der Waals surface area contributed by atoms with Gasteiger partial charge in [0.15, 0.2) is 0 Å². The van der Waals surface area contributed by atoms with E-state index in [1.807, 2.05) is 25.1 Å². The van der Waals surface area contributed by atoms with Crippen molar-refractivity contribution in [1.82, 2.24) is 0 Å². The van der Waals surface area contributed by atoms with Crippen molar-refractivity contribution in [1.29, 1.82) is 0 Å². The summed E-state index contributed by atoms with van der Waals surface area (Å²) in [4.78, 5) is 12.7. The van der Waals surface area contributed by atoms with Crippen molar-refractivity contribution >= 4 is 44.7 Å². The van der Waals surface area contributed by atoms with Crippen LogP contribution in [0.4, 0.5) is 0 Å². The summed E-state index contributed by atoms with van der Waals surface area (Å²) in [5, 5.41) is 0. The van der Waals surface area contributed by atoms with E-state index in [2.05, 4.69) is 15.9 Å². The first kappa shape index (κ1) is 11.8. The third-order valence-electron chi connectivity index (χ3n) is 2.23. The lowest BCUT2D eigenvalue weighted by atomic mass is 10.1. The maximum absolute atomic E-state index is 12.1. The van der Waals surface area contributed by atoms with Gasteiger partial charge in [0.2, 0.25) is 5.78 Å². The van der Waals surface area contributed by atoms with Gasteiger partial charge < -0.3 is 0 Å². The highest BCUT2D eigenvalue weighted by Gasteiger charge is 2.12. The van der Waals surface area contributed by atoms with Crippen LogP contribution < -0.4 is 0 Å². The van der Waals surface area contributed by atoms with E-state index < -0.39 is 0 Å². The van der Waals surface area contributed by atoms with E-state index in [4.69, 9.17) is 11.6 Å². The predicted octanol–water partition coefficient (Wildman–Crippen LogP) is 4.70. The molecule has 1 heterocycles. The van der Waals surface area contributed by atoms with Crippen LogP contribution in [0, 0.1) is 6.92 Å². The summed E-state index contributed by atoms with van der Waals surface area (Å²) >= 11 is 10.5. The number of halogens is 2. The third-order valence-corrected chi connectivity index (χ3v) is 4.32. The molecule has 0 saturated carbocycles. The fourth-order valence-corrected chi connectivity index (χ4v) is 2.70. The van der Waals surface area contributed by atoms with Gasteiger partial charge in [-0.3, -0.25) is 4.79 Å². The number of hydrogen-bond acceptors (Lipinski definition) is 2. The molecule has 4 heteroatoms. The Morgan fingerprint density at radius 3 is 2.62 bits per heavy atom. The first-order valence-corrected chi connectivity index (χ1v) is 6.63. The molecular formula is C12H8BrClOS. The van der Waals surface area contributed by atoms with Crippen LogP contribution in [0.25, 0.3) is 0 Å². The molecule has 0 atom stereocenters. The molecule has 2 rings (SSSR count). The van der Waals surface area contributed by atoms with Gasteiger partial charge in [-0.05, 0) is 30.7 Å². The molecular weight excluding hydrogens is 308 g/mol. The summed E-state index contributed by atoms with van der Waals surface area (Å²) in [6.07, 6.45) is 0. The Kier molecular flexibility index (Phi) is 3.47. The topological polar surface area (TPSA) is 17.1 Å². The van der Waals surface area contributed by atoms with Crippen molar-refractivity contribution in [3.63, 3.8) is 0 Å². The molecule has 0 aliphatic heterocycles. The summed E-state index contributed by atoms with van der Waals surface area (Å²) < 4.78 is 1.58. The molecule has 2 aromatic rings. The molecule has 0 aliphatic carbocycles. The number of aryl methyl sites for hydroxylation is 1. The highest BCUT2D eigenvalue weighted by Crippen LogP contribution is 2.25. The zero-order valence-corrected chi connectivity index (χ0v) is 11.6. The summed E-state index contributed by atoms with van der Waals surface area (Å²) in [6.45, 7) is 1.99. The van der Waals surface area contributed by atoms with Gasteiger partial charge in [0, 0.05) is 10.0 Å². The van der Waals surface area contributed by atoms with Gasteiger partial charge in [-0.15, -0.1) is 11.3 Å². The SMILES string of the molecule is Cc1ccc(C(=O)c2ccc(Cl)s2)cc1Br. The summed E-state index contributed by atoms with van der Waals surface area (Å²) in [5.41, 5.74) is 1.79. The van der Waals surface area contributed by atoms with E-state index in [1.54, 1.807) is 12.1 Å². The third kappa shape index (κ3) is 2.37. The van der Waals surface area contributed by atoms with E-state index in [0.717, 1.165) is 10.0 Å². The van der Waals surface area contributed by atoms with Crippen LogP contribution in [0.2, 0.25) is 4.34 Å². The van der Waals surface area contributed by atoms with E-state index in [0.29, 0.717) is 14.8 Å². The molecule has 1 nitrogen and oxygen atoms in total. The highest BCUT2D eigenvalue weighted by molar-refractivity contribution is 9.10. The lowest BCUT2D eigenvalue weighted by Crippen LogP contribution is -1.98. The molecule has 0 bridgehead atoms. The Hall–Kier alpha value is -0.640. The zero-order chi connectivity index (χ0) is 11.7. The second-order valence-corrected chi connectivity index (χ2v) is 5.97. The quantitative estimate of drug-likeness (QED) is 0.734. The molecule has 16 heavy (non-hydrogen) atoms. The maximum Gasteiger partial charge on any atom is 0.203 e. The number of benzene rings is 1. The first-order valence-electron chi connectivity index (χ1n) is 4.64. The maximum atomic E-state index is 12.1. The van der Waals surface area contributed by atoms with Crippen molar-refractivity contribution in [3.05, 3.63) is 55.1 Å². The van der Waals surface area contributed by atoms with Crippen LogP contribution in [0.15, 0.2) is 34.8 Å². The number of thiophene rings is 1. The number of carbonyl (C=O) groups is 1. The molecule has 1 aromatic carbocycles. The Morgan fingerprint density at radius 1 is 1.31 bits per heavy atom. The Morgan fingerprint density at radius 2 is 2.06 bits per heavy atom. The molecule has 0 spiro atoms. The van der Waals surface area contributed by atoms with Crippen molar-refractivity contribution in [2.75, 3.05) is 0 Å². The van der Waals surface area contributed by atoms with Crippen LogP contribution in [0.1, 0.15) is 20.8 Å². The molecule has 0 amide bonds. The largest absolute Gasteiger partial charge is 0.288 e. The average molecular weight is 316 g/mol. The lowest BCUT2D eigenvalue weighted by Gasteiger charge is -2.01. The summed E-state index contributed by atoms with van der Waals surface area (Å²) in [6, 6.07) is 9.08. The van der Waals surface area contributed by atoms with Crippen LogP contribution in [-0.2, 0) is 0 Å². The van der Waals surface area contributed by atoms with Crippen LogP contribution in [-0.4, -0.2) is 5.78 Å². The van der Waals surface area contributed by atoms with Crippen LogP contribution >= 0.6 is 38.9 Å². The molecule has 0 radical (unpaired) electrons. The Bertz CT molecular complexity index is 548. The van der Waals surface area contributed by atoms with E-state index in [1.165, 1.54) is 11.3 Å². The monoisotopic (exact) mass is 314 g/mol. The van der Waals surface area contributed by atoms with Crippen molar-refractivity contribution < 1.29 is 4.79 Å². The standard InChI is InChI=1S/C12H8BrClOS/c1-7-2-3-8(6-9(7)13)12(15)10-4-5-11(14)16-10/h2-6H,1H3. The van der Waals surface area contributed by atoms with Crippen molar-refractivity contribution in [2.45, 2.75) is 6.92 Å². The summed E-state index contributed by atoms with van der Waals surface area (Å²) in [5.74, 6) is 0.0117. The van der Waals surface area contributed by atoms with Gasteiger partial charge in [0.1, 0.15) is 0 Å². The fourth-order valence-electron chi connectivity index (χ4n) is 1.31. The minimum atomic E-state index is 0.0117. The summed E-state index contributed by atoms with van der Waals surface area (Å²) in [7, 11) is 0. The second kappa shape index (κ2) is 4.70. The number of rotatable bonds is 2. The number of hydrogen-bond donors (Lipinski definition) is 0. The van der Waals surface area contributed by atoms with Gasteiger partial charge in [-0.25, -0.2) is 0 Å². The normalized spacial score (nSPS) is 10.4. The minimum Gasteiger partial charge on any atom is -0.288 e. The van der Waals surface area contributed by atoms with Crippen LogP contribution in [0.3, 0.4) is 0 Å². The smallest absolute Gasteiger partial charge is 0.203 e. The molecule has 0 aliphatic rings. The zero-order valence-electron chi connectivity index (χ0n) is 8.46. The molecule has 0 unspecified atom stereocenters. The molecule has 82 valence electrons. The fraction of sp³-hybridized carbons (Fsp3) is 0.0833. The van der Waals surface area contributed by atoms with Gasteiger partial charge in [-0.2, -0.15) is 0 Å². The Labute approximate surface area is 111 Å². The minimum absolute atomic E-state index is 0.0117. The molecule has 0 fully saturated rings. The highest BCUT2D eigenvalue weighted by atomic mass is 79.9. The first-order chi connectivity index (χ1) is 7.58. The number of carbonyl (C=O) groups excluding carboxylic acids is 1. The molecule has 0 saturated heterocycles. The van der Waals surface area contributed by atoms with Crippen molar-refractivity contribution in [3.8, 4) is 0 Å². The molecule has 1 aromatic heterocycles. The van der Waals surface area contributed by atoms with E-state index in [9.17, 15) is 4.79 Å². The Balaban J connectivity index is 2.38. The van der Waals surface area contributed by atoms with Crippen molar-refractivity contribution in [2.24, 2.45) is 0 Å². The van der Waals surface area contributed by atoms with Gasteiger partial charge in [0.25, 0.3) is 0 Å². The van der Waals surface area contributed by atoms with Gasteiger partial charge in [-0.1, -0.05) is 39.7 Å². The average Bonchev–Trinajstić information content (AvgIpc) is 2.68. The number of ketones is 1. The van der Waals surface area contributed by atoms with Gasteiger partial charge >= 0.3 is 0 Å².